The fourth-order valence-electron chi connectivity index (χ4n) is 2.39. The lowest BCUT2D eigenvalue weighted by molar-refractivity contribution is -0.138. The molecule has 26 heavy (non-hydrogen) atoms. The first kappa shape index (κ1) is 18.3. The van der Waals surface area contributed by atoms with Crippen molar-refractivity contribution < 1.29 is 26.7 Å². The van der Waals surface area contributed by atoms with Crippen molar-refractivity contribution >= 4 is 28.2 Å². The number of nitrogens with one attached hydrogen (secondary N) is 1. The van der Waals surface area contributed by atoms with Crippen LogP contribution in [0.4, 0.5) is 37.6 Å². The number of aromatic nitrogens is 2. The van der Waals surface area contributed by atoms with E-state index < -0.39 is 28.8 Å². The number of alkyl halides is 3. The predicted octanol–water partition coefficient (Wildman–Crippen LogP) is 3.19. The molecular weight excluding hydrogens is 381 g/mol. The molecule has 0 atom stereocenters. The van der Waals surface area contributed by atoms with Crippen LogP contribution in [0.2, 0.25) is 0 Å². The Labute approximate surface area is 148 Å². The Morgan fingerprint density at radius 1 is 1.04 bits per heavy atom. The van der Waals surface area contributed by atoms with Gasteiger partial charge in [-0.05, 0) is 12.1 Å². The molecule has 1 aromatic heterocycles. The van der Waals surface area contributed by atoms with E-state index in [0.29, 0.717) is 17.4 Å². The number of nitrogens with zero attached hydrogens (tertiary/aromatic N) is 4. The van der Waals surface area contributed by atoms with Crippen LogP contribution < -0.4 is 10.2 Å². The van der Waals surface area contributed by atoms with Crippen LogP contribution in [-0.4, -0.2) is 47.3 Å². The third-order valence-corrected chi connectivity index (χ3v) is 4.64. The second-order valence-corrected chi connectivity index (χ2v) is 6.41. The van der Waals surface area contributed by atoms with E-state index in [-0.39, 0.29) is 37.0 Å². The van der Waals surface area contributed by atoms with Crippen LogP contribution in [0.1, 0.15) is 5.01 Å². The molecule has 0 radical (unpaired) electrons. The van der Waals surface area contributed by atoms with E-state index in [1.54, 1.807) is 4.90 Å². The van der Waals surface area contributed by atoms with Gasteiger partial charge in [0.2, 0.25) is 10.1 Å². The largest absolute Gasteiger partial charge is 0.445 e. The van der Waals surface area contributed by atoms with Gasteiger partial charge in [0.15, 0.2) is 0 Å². The molecule has 12 heteroatoms. The highest BCUT2D eigenvalue weighted by atomic mass is 32.1. The maximum absolute atomic E-state index is 13.1. The van der Waals surface area contributed by atoms with Gasteiger partial charge in [0.25, 0.3) is 0 Å². The predicted molar refractivity (Wildman–Crippen MR) is 84.1 cm³/mol. The summed E-state index contributed by atoms with van der Waals surface area (Å²) in [6, 6.07) is 2.10. The summed E-state index contributed by atoms with van der Waals surface area (Å²) in [4.78, 5) is 15.1. The third-order valence-electron chi connectivity index (χ3n) is 3.61. The van der Waals surface area contributed by atoms with Crippen LogP contribution in [0.5, 0.6) is 0 Å². The molecule has 1 aromatic carbocycles. The maximum atomic E-state index is 13.1. The summed E-state index contributed by atoms with van der Waals surface area (Å²) in [5.74, 6) is -1.64. The van der Waals surface area contributed by atoms with Crippen molar-refractivity contribution in [3.63, 3.8) is 0 Å². The number of benzene rings is 1. The fourth-order valence-corrected chi connectivity index (χ4v) is 3.15. The Morgan fingerprint density at radius 3 is 2.19 bits per heavy atom. The van der Waals surface area contributed by atoms with Gasteiger partial charge >= 0.3 is 12.2 Å². The number of amides is 2. The molecule has 1 aliphatic rings. The minimum absolute atomic E-state index is 0.0196. The Hall–Kier alpha value is -2.50. The summed E-state index contributed by atoms with van der Waals surface area (Å²) in [6.45, 7) is 0.948. The highest BCUT2D eigenvalue weighted by Crippen LogP contribution is 2.34. The van der Waals surface area contributed by atoms with Gasteiger partial charge in [-0.25, -0.2) is 13.6 Å². The van der Waals surface area contributed by atoms with E-state index in [9.17, 15) is 26.7 Å². The van der Waals surface area contributed by atoms with E-state index in [0.717, 1.165) is 12.1 Å². The van der Waals surface area contributed by atoms with Crippen molar-refractivity contribution in [1.82, 2.24) is 15.1 Å². The summed E-state index contributed by atoms with van der Waals surface area (Å²) in [7, 11) is 0. The Morgan fingerprint density at radius 2 is 1.65 bits per heavy atom. The van der Waals surface area contributed by atoms with Gasteiger partial charge in [-0.3, -0.25) is 0 Å². The second kappa shape index (κ2) is 7.02. The lowest BCUT2D eigenvalue weighted by Crippen LogP contribution is -2.50. The van der Waals surface area contributed by atoms with Crippen LogP contribution in [0.3, 0.4) is 0 Å². The van der Waals surface area contributed by atoms with Gasteiger partial charge in [0.1, 0.15) is 11.6 Å². The molecular formula is C14H12F5N5OS. The topological polar surface area (TPSA) is 61.4 Å². The van der Waals surface area contributed by atoms with Crippen LogP contribution in [-0.2, 0) is 6.18 Å². The molecule has 140 valence electrons. The van der Waals surface area contributed by atoms with E-state index in [1.165, 1.54) is 4.90 Å². The zero-order valence-corrected chi connectivity index (χ0v) is 13.9. The van der Waals surface area contributed by atoms with Gasteiger partial charge < -0.3 is 15.1 Å². The molecule has 0 unspecified atom stereocenters. The second-order valence-electron chi connectivity index (χ2n) is 5.45. The van der Waals surface area contributed by atoms with Crippen molar-refractivity contribution in [2.24, 2.45) is 0 Å². The number of hydrogen-bond donors (Lipinski definition) is 1. The molecule has 0 bridgehead atoms. The molecule has 2 aromatic rings. The van der Waals surface area contributed by atoms with Crippen LogP contribution in [0, 0.1) is 11.6 Å². The molecule has 1 saturated heterocycles. The summed E-state index contributed by atoms with van der Waals surface area (Å²) < 4.78 is 64.0. The molecule has 0 saturated carbocycles. The number of carbonyl (C=O) groups excluding carboxylic acids is 1. The average Bonchev–Trinajstić information content (AvgIpc) is 3.04. The van der Waals surface area contributed by atoms with Crippen LogP contribution >= 0.6 is 11.3 Å². The Kier molecular flexibility index (Phi) is 4.94. The maximum Gasteiger partial charge on any atom is 0.445 e. The average molecular weight is 393 g/mol. The van der Waals surface area contributed by atoms with Crippen molar-refractivity contribution in [3.8, 4) is 0 Å². The molecule has 1 aliphatic heterocycles. The smallest absolute Gasteiger partial charge is 0.343 e. The molecule has 3 rings (SSSR count). The minimum Gasteiger partial charge on any atom is -0.343 e. The van der Waals surface area contributed by atoms with Crippen molar-refractivity contribution in [2.75, 3.05) is 36.4 Å². The SMILES string of the molecule is O=C(Nc1cc(F)cc(F)c1)N1CCN(c2nnc(C(F)(F)F)s2)CC1. The first-order valence-corrected chi connectivity index (χ1v) is 8.22. The minimum atomic E-state index is -4.54. The quantitative estimate of drug-likeness (QED) is 0.797. The molecule has 0 spiro atoms. The van der Waals surface area contributed by atoms with Gasteiger partial charge in [-0.2, -0.15) is 13.2 Å². The van der Waals surface area contributed by atoms with Crippen LogP contribution in [0.25, 0.3) is 0 Å². The van der Waals surface area contributed by atoms with E-state index in [1.807, 2.05) is 0 Å². The van der Waals surface area contributed by atoms with E-state index in [4.69, 9.17) is 0 Å². The highest BCUT2D eigenvalue weighted by Gasteiger charge is 2.36. The number of urea groups is 1. The summed E-state index contributed by atoms with van der Waals surface area (Å²) in [5, 5.41) is 8.15. The zero-order chi connectivity index (χ0) is 18.9. The van der Waals surface area contributed by atoms with E-state index >= 15 is 0 Å². The van der Waals surface area contributed by atoms with Crippen LogP contribution in [0.15, 0.2) is 18.2 Å². The van der Waals surface area contributed by atoms with Gasteiger partial charge in [0, 0.05) is 37.9 Å². The lowest BCUT2D eigenvalue weighted by atomic mass is 10.3. The standard InChI is InChI=1S/C14H12F5N5OS/c15-8-5-9(16)7-10(6-8)20-12(25)23-1-3-24(4-2-23)13-22-21-11(26-13)14(17,18)19/h5-7H,1-4H2,(H,20,25). The number of rotatable bonds is 2. The lowest BCUT2D eigenvalue weighted by Gasteiger charge is -2.34. The van der Waals surface area contributed by atoms with Gasteiger partial charge in [-0.15, -0.1) is 10.2 Å². The first-order valence-electron chi connectivity index (χ1n) is 7.40. The molecule has 1 N–H and O–H groups in total. The number of anilines is 2. The van der Waals surface area contributed by atoms with Gasteiger partial charge in [0.05, 0.1) is 0 Å². The molecule has 1 fully saturated rings. The molecule has 2 heterocycles. The van der Waals surface area contributed by atoms with Crippen molar-refractivity contribution in [3.05, 3.63) is 34.8 Å². The number of halogens is 5. The monoisotopic (exact) mass is 393 g/mol. The highest BCUT2D eigenvalue weighted by molar-refractivity contribution is 7.15. The van der Waals surface area contributed by atoms with Crippen molar-refractivity contribution in [1.29, 1.82) is 0 Å². The Balaban J connectivity index is 1.58. The normalized spacial score (nSPS) is 15.3. The molecule has 6 nitrogen and oxygen atoms in total. The number of carbonyl (C=O) groups is 1. The molecule has 2 amide bonds. The summed E-state index contributed by atoms with van der Waals surface area (Å²) in [5.41, 5.74) is -0.0196. The first-order chi connectivity index (χ1) is 12.2. The summed E-state index contributed by atoms with van der Waals surface area (Å²) >= 11 is 0.438. The van der Waals surface area contributed by atoms with Crippen molar-refractivity contribution in [2.45, 2.75) is 6.18 Å². The Bertz CT molecular complexity index is 783. The number of piperazine rings is 1. The molecule has 0 aliphatic carbocycles. The fraction of sp³-hybridized carbons (Fsp3) is 0.357. The van der Waals surface area contributed by atoms with Gasteiger partial charge in [-0.1, -0.05) is 11.3 Å². The van der Waals surface area contributed by atoms with E-state index in [2.05, 4.69) is 15.5 Å². The summed E-state index contributed by atoms with van der Waals surface area (Å²) in [6.07, 6.45) is -4.54. The zero-order valence-electron chi connectivity index (χ0n) is 13.1. The number of hydrogen-bond acceptors (Lipinski definition) is 5. The third kappa shape index (κ3) is 4.18.